The smallest absolute Gasteiger partial charge is 0.249 e. The molecule has 4 rings (SSSR count). The lowest BCUT2D eigenvalue weighted by atomic mass is 10.0. The van der Waals surface area contributed by atoms with Gasteiger partial charge in [0.05, 0.1) is 28.4 Å². The van der Waals surface area contributed by atoms with Crippen molar-refractivity contribution >= 4 is 38.5 Å². The highest BCUT2D eigenvalue weighted by molar-refractivity contribution is 7.92. The molecule has 2 N–H and O–H groups in total. The van der Waals surface area contributed by atoms with Crippen molar-refractivity contribution < 1.29 is 12.8 Å². The molecule has 0 unspecified atom stereocenters. The summed E-state index contributed by atoms with van der Waals surface area (Å²) in [5.74, 6) is -0.400. The number of hydrogen-bond acceptors (Lipinski definition) is 5. The number of aromatic nitrogens is 3. The number of fused-ring (bicyclic) bond motifs is 1. The fraction of sp³-hybridized carbons (Fsp3) is 0.0952. The fourth-order valence-electron chi connectivity index (χ4n) is 3.18. The van der Waals surface area contributed by atoms with Crippen molar-refractivity contribution in [2.24, 2.45) is 0 Å². The second kappa shape index (κ2) is 7.75. The van der Waals surface area contributed by atoms with Gasteiger partial charge in [-0.2, -0.15) is 0 Å². The van der Waals surface area contributed by atoms with Gasteiger partial charge in [-0.1, -0.05) is 11.6 Å². The van der Waals surface area contributed by atoms with E-state index in [1.165, 1.54) is 18.2 Å². The second-order valence-corrected chi connectivity index (χ2v) is 9.16. The largest absolute Gasteiger partial charge is 0.305 e. The van der Waals surface area contributed by atoms with E-state index < -0.39 is 15.8 Å². The Bertz CT molecular complexity index is 1460. The number of rotatable bonds is 4. The number of nitrogens with zero attached hydrogens (tertiary/aromatic N) is 2. The van der Waals surface area contributed by atoms with Crippen molar-refractivity contribution in [2.45, 2.75) is 6.92 Å². The summed E-state index contributed by atoms with van der Waals surface area (Å²) in [6, 6.07) is 11.9. The number of hydrogen-bond donors (Lipinski definition) is 2. The summed E-state index contributed by atoms with van der Waals surface area (Å²) in [5.41, 5.74) is 3.30. The van der Waals surface area contributed by atoms with Crippen LogP contribution in [0.15, 0.2) is 53.3 Å². The van der Waals surface area contributed by atoms with E-state index >= 15 is 0 Å². The molecule has 0 atom stereocenters. The number of H-pyrrole nitrogens is 1. The molecule has 4 aromatic rings. The van der Waals surface area contributed by atoms with Gasteiger partial charge in [-0.05, 0) is 55.0 Å². The maximum Gasteiger partial charge on any atom is 0.249 e. The Morgan fingerprint density at radius 1 is 1.00 bits per heavy atom. The zero-order chi connectivity index (χ0) is 22.3. The van der Waals surface area contributed by atoms with Gasteiger partial charge in [0.25, 0.3) is 0 Å². The topological polar surface area (TPSA) is 105 Å². The van der Waals surface area contributed by atoms with E-state index in [1.807, 2.05) is 0 Å². The van der Waals surface area contributed by atoms with Crippen molar-refractivity contribution in [1.29, 1.82) is 0 Å². The minimum atomic E-state index is -3.52. The van der Waals surface area contributed by atoms with Crippen LogP contribution >= 0.6 is 11.6 Å². The molecule has 0 aliphatic heterocycles. The second-order valence-electron chi connectivity index (χ2n) is 7.01. The summed E-state index contributed by atoms with van der Waals surface area (Å²) < 4.78 is 39.2. The summed E-state index contributed by atoms with van der Waals surface area (Å²) in [5, 5.41) is 0.189. The molecule has 0 saturated heterocycles. The standard InChI is InChI=1S/C21H16ClFN4O3S/c1-11-9-13(10-15(22)18(11)27-31(2,29)30)20-19(12-3-5-14(23)6-4-12)26-21-16(24-20)7-8-17(28)25-21/h3-10,27H,1-2H3,(H,25,26,28). The molecule has 0 saturated carbocycles. The molecule has 2 aromatic heterocycles. The number of aryl methyl sites for hydroxylation is 1. The van der Waals surface area contributed by atoms with Crippen LogP contribution < -0.4 is 10.3 Å². The minimum absolute atomic E-state index is 0.189. The van der Waals surface area contributed by atoms with Crippen molar-refractivity contribution in [3.05, 3.63) is 75.3 Å². The SMILES string of the molecule is Cc1cc(-c2nc3ccc(=O)[nH]c3nc2-c2ccc(F)cc2)cc(Cl)c1NS(C)(=O)=O. The molecule has 0 radical (unpaired) electrons. The highest BCUT2D eigenvalue weighted by Gasteiger charge is 2.18. The number of nitrogens with one attached hydrogen (secondary N) is 2. The number of pyridine rings is 1. The van der Waals surface area contributed by atoms with E-state index in [1.54, 1.807) is 37.3 Å². The third-order valence-corrected chi connectivity index (χ3v) is 5.40. The predicted octanol–water partition coefficient (Wildman–Crippen LogP) is 4.12. The Balaban J connectivity index is 1.98. The molecule has 0 aliphatic carbocycles. The molecule has 2 heterocycles. The van der Waals surface area contributed by atoms with Gasteiger partial charge in [0.2, 0.25) is 15.6 Å². The molecule has 0 spiro atoms. The average molecular weight is 459 g/mol. The van der Waals surface area contributed by atoms with Gasteiger partial charge in [0, 0.05) is 17.2 Å². The van der Waals surface area contributed by atoms with Gasteiger partial charge in [-0.25, -0.2) is 22.8 Å². The number of anilines is 1. The highest BCUT2D eigenvalue weighted by Crippen LogP contribution is 2.36. The molecule has 158 valence electrons. The van der Waals surface area contributed by atoms with Crippen molar-refractivity contribution in [2.75, 3.05) is 11.0 Å². The average Bonchev–Trinajstić information content (AvgIpc) is 2.69. The molecule has 0 bridgehead atoms. The van der Waals surface area contributed by atoms with Gasteiger partial charge in [0.1, 0.15) is 11.3 Å². The quantitative estimate of drug-likeness (QED) is 0.478. The first kappa shape index (κ1) is 21.0. The lowest BCUT2D eigenvalue weighted by molar-refractivity contribution is 0.606. The van der Waals surface area contributed by atoms with Crippen LogP contribution in [0.25, 0.3) is 33.7 Å². The zero-order valence-electron chi connectivity index (χ0n) is 16.4. The van der Waals surface area contributed by atoms with E-state index in [9.17, 15) is 17.6 Å². The zero-order valence-corrected chi connectivity index (χ0v) is 18.0. The van der Waals surface area contributed by atoms with Crippen molar-refractivity contribution in [3.8, 4) is 22.5 Å². The first-order valence-electron chi connectivity index (χ1n) is 9.06. The van der Waals surface area contributed by atoms with Crippen LogP contribution in [0.3, 0.4) is 0 Å². The number of sulfonamides is 1. The third kappa shape index (κ3) is 4.42. The van der Waals surface area contributed by atoms with Crippen LogP contribution in [0, 0.1) is 12.7 Å². The molecule has 0 amide bonds. The number of benzene rings is 2. The van der Waals surface area contributed by atoms with Crippen LogP contribution in [-0.2, 0) is 10.0 Å². The Morgan fingerprint density at radius 3 is 2.32 bits per heavy atom. The summed E-state index contributed by atoms with van der Waals surface area (Å²) in [6.07, 6.45) is 1.04. The predicted molar refractivity (Wildman–Crippen MR) is 119 cm³/mol. The molecule has 31 heavy (non-hydrogen) atoms. The molecular weight excluding hydrogens is 443 g/mol. The monoisotopic (exact) mass is 458 g/mol. The first-order valence-corrected chi connectivity index (χ1v) is 11.3. The summed E-state index contributed by atoms with van der Waals surface area (Å²) in [4.78, 5) is 23.6. The maximum atomic E-state index is 13.5. The van der Waals surface area contributed by atoms with Gasteiger partial charge in [0.15, 0.2) is 5.65 Å². The van der Waals surface area contributed by atoms with Crippen molar-refractivity contribution in [3.63, 3.8) is 0 Å². The first-order chi connectivity index (χ1) is 14.6. The summed E-state index contributed by atoms with van der Waals surface area (Å²) in [7, 11) is -3.52. The van der Waals surface area contributed by atoms with Crippen LogP contribution in [0.4, 0.5) is 10.1 Å². The molecular formula is C21H16ClFN4O3S. The van der Waals surface area contributed by atoms with Crippen LogP contribution in [0.2, 0.25) is 5.02 Å². The molecule has 7 nitrogen and oxygen atoms in total. The minimum Gasteiger partial charge on any atom is -0.305 e. The molecule has 0 fully saturated rings. The van der Waals surface area contributed by atoms with Crippen LogP contribution in [0.5, 0.6) is 0 Å². The van der Waals surface area contributed by atoms with Gasteiger partial charge < -0.3 is 4.98 Å². The summed E-state index contributed by atoms with van der Waals surface area (Å²) in [6.45, 7) is 1.71. The Labute approximate surface area is 182 Å². The molecule has 2 aromatic carbocycles. The third-order valence-electron chi connectivity index (χ3n) is 4.52. The Morgan fingerprint density at radius 2 is 1.68 bits per heavy atom. The van der Waals surface area contributed by atoms with E-state index in [0.717, 1.165) is 6.26 Å². The molecule has 10 heteroatoms. The highest BCUT2D eigenvalue weighted by atomic mass is 35.5. The number of halogens is 2. The molecule has 0 aliphatic rings. The van der Waals surface area contributed by atoms with Crippen molar-refractivity contribution in [1.82, 2.24) is 15.0 Å². The van der Waals surface area contributed by atoms with E-state index in [2.05, 4.69) is 19.7 Å². The van der Waals surface area contributed by atoms with Gasteiger partial charge >= 0.3 is 0 Å². The normalized spacial score (nSPS) is 11.6. The Hall–Kier alpha value is -3.30. The van der Waals surface area contributed by atoms with E-state index in [4.69, 9.17) is 11.6 Å². The lowest BCUT2D eigenvalue weighted by Crippen LogP contribution is -2.11. The Kier molecular flexibility index (Phi) is 5.24. The lowest BCUT2D eigenvalue weighted by Gasteiger charge is -2.14. The van der Waals surface area contributed by atoms with Gasteiger partial charge in [-0.3, -0.25) is 9.52 Å². The van der Waals surface area contributed by atoms with Gasteiger partial charge in [-0.15, -0.1) is 0 Å². The van der Waals surface area contributed by atoms with E-state index in [0.29, 0.717) is 33.6 Å². The van der Waals surface area contributed by atoms with Crippen LogP contribution in [-0.4, -0.2) is 29.6 Å². The number of aromatic amines is 1. The fourth-order valence-corrected chi connectivity index (χ4v) is 4.19. The van der Waals surface area contributed by atoms with Crippen LogP contribution in [0.1, 0.15) is 5.56 Å². The van der Waals surface area contributed by atoms with E-state index in [-0.39, 0.29) is 21.9 Å². The maximum absolute atomic E-state index is 13.5. The summed E-state index contributed by atoms with van der Waals surface area (Å²) >= 11 is 6.38.